The molecule has 4 saturated heterocycles. The van der Waals surface area contributed by atoms with E-state index in [1.54, 1.807) is 6.92 Å². The molecule has 454 valence electrons. The average molecular weight is 1130 g/mol. The van der Waals surface area contributed by atoms with Crippen molar-refractivity contribution in [2.24, 2.45) is 51.8 Å². The minimum Gasteiger partial charge on any atom is -0.394 e. The Morgan fingerprint density at radius 2 is 1.00 bits per heavy atom. The highest BCUT2D eigenvalue weighted by Crippen LogP contribution is 2.68. The Kier molecular flexibility index (Phi) is 21.5. The van der Waals surface area contributed by atoms with Crippen molar-refractivity contribution in [2.75, 3.05) is 60.0 Å². The predicted molar refractivity (Wildman–Crippen MR) is 268 cm³/mol. The van der Waals surface area contributed by atoms with Gasteiger partial charge in [-0.15, -0.1) is 0 Å². The summed E-state index contributed by atoms with van der Waals surface area (Å²) in [6, 6.07) is 0. The van der Waals surface area contributed by atoms with Gasteiger partial charge in [0, 0.05) is 19.1 Å². The number of methoxy groups -OCH3 is 1. The summed E-state index contributed by atoms with van der Waals surface area (Å²) in [5.74, 6) is 4.04. The van der Waals surface area contributed by atoms with Crippen molar-refractivity contribution in [3.8, 4) is 0 Å². The first-order valence-corrected chi connectivity index (χ1v) is 28.6. The van der Waals surface area contributed by atoms with Crippen LogP contribution in [-0.2, 0) is 47.4 Å². The average Bonchev–Trinajstić information content (AvgIpc) is 3.98. The van der Waals surface area contributed by atoms with Gasteiger partial charge in [0.1, 0.15) is 97.7 Å². The highest BCUT2D eigenvalue weighted by Gasteiger charge is 2.61. The van der Waals surface area contributed by atoms with E-state index in [1.165, 1.54) is 51.4 Å². The lowest BCUT2D eigenvalue weighted by Crippen LogP contribution is -2.65. The van der Waals surface area contributed by atoms with Gasteiger partial charge in [-0.2, -0.15) is 0 Å². The molecule has 4 aliphatic carbocycles. The quantitative estimate of drug-likeness (QED) is 0.0494. The maximum atomic E-state index is 11.3. The van der Waals surface area contributed by atoms with Gasteiger partial charge in [-0.05, 0) is 117 Å². The third-order valence-corrected chi connectivity index (χ3v) is 20.2. The molecule has 8 aliphatic rings. The lowest BCUT2D eigenvalue weighted by molar-refractivity contribution is -0.365. The summed E-state index contributed by atoms with van der Waals surface area (Å²) in [5, 5.41) is 148. The lowest BCUT2D eigenvalue weighted by Gasteiger charge is -2.61. The molecule has 8 fully saturated rings. The van der Waals surface area contributed by atoms with Crippen LogP contribution in [0.1, 0.15) is 98.3 Å². The second-order valence-electron chi connectivity index (χ2n) is 25.1. The molecule has 8 rings (SSSR count). The third-order valence-electron chi connectivity index (χ3n) is 20.2. The number of hydrogen-bond donors (Lipinski definition) is 14. The Morgan fingerprint density at radius 1 is 0.526 bits per heavy atom. The second-order valence-corrected chi connectivity index (χ2v) is 25.1. The topological polar surface area (TPSA) is 376 Å². The fourth-order valence-corrected chi connectivity index (χ4v) is 15.5. The van der Waals surface area contributed by atoms with Crippen LogP contribution in [0.2, 0.25) is 0 Å². The Hall–Kier alpha value is -0.960. The van der Waals surface area contributed by atoms with Gasteiger partial charge in [0.05, 0.1) is 52.4 Å². The van der Waals surface area contributed by atoms with Crippen LogP contribution in [0, 0.1) is 51.8 Å². The zero-order valence-electron chi connectivity index (χ0n) is 45.9. The van der Waals surface area contributed by atoms with Crippen molar-refractivity contribution in [1.82, 2.24) is 0 Å². The first-order chi connectivity index (χ1) is 37.1. The zero-order chi connectivity index (χ0) is 56.6. The molecule has 9 unspecified atom stereocenters. The van der Waals surface area contributed by atoms with E-state index < -0.39 is 155 Å². The first kappa shape index (κ1) is 63.1. The zero-order valence-corrected chi connectivity index (χ0v) is 45.9. The number of ether oxygens (including phenoxy) is 10. The van der Waals surface area contributed by atoms with Gasteiger partial charge in [0.15, 0.2) is 25.2 Å². The summed E-state index contributed by atoms with van der Waals surface area (Å²) in [4.78, 5) is 0. The summed E-state index contributed by atoms with van der Waals surface area (Å²) in [6.07, 6.45) is -20.2. The maximum absolute atomic E-state index is 11.3. The van der Waals surface area contributed by atoms with Gasteiger partial charge in [0.25, 0.3) is 0 Å². The van der Waals surface area contributed by atoms with E-state index in [2.05, 4.69) is 20.8 Å². The summed E-state index contributed by atoms with van der Waals surface area (Å²) in [6.45, 7) is 5.81. The number of rotatable bonds is 22. The lowest BCUT2D eigenvalue weighted by atomic mass is 9.44. The Labute approximate surface area is 456 Å². The molecule has 0 radical (unpaired) electrons. The van der Waals surface area contributed by atoms with E-state index in [-0.39, 0.29) is 25.2 Å². The van der Waals surface area contributed by atoms with Crippen LogP contribution in [0.25, 0.3) is 0 Å². The number of hydrogen-bond acceptors (Lipinski definition) is 24. The van der Waals surface area contributed by atoms with Crippen LogP contribution < -0.4 is 0 Å². The van der Waals surface area contributed by atoms with Crippen molar-refractivity contribution in [3.63, 3.8) is 0 Å². The molecule has 0 aromatic heterocycles. The largest absolute Gasteiger partial charge is 0.394 e. The second kappa shape index (κ2) is 26.5. The monoisotopic (exact) mass is 1130 g/mol. The SMILES string of the molecule is CO[C@@H]1CC[C@@]2(C)[C@H](CC[C@@H]3[C@@H]2CC[C@]2(C)[C@@H]([C@H](C)CCCOCC(C)(CO[C@@H]4OC(CO)[C@@H](O[C@H]5OC(CO)[C@@H](O)[C@H](O)C5O)[C@H](O)C4O)CO[C@@H]4OC(CO)[C@@H](O[C@@H]5OC(CO)[C@@H](O)[C@H](O)C5O)[C@H](O)C4O)CC[C@@H]32)C1. The number of fused-ring (bicyclic) bond motifs is 5. The van der Waals surface area contributed by atoms with Gasteiger partial charge < -0.3 is 119 Å². The Morgan fingerprint density at radius 3 is 1.50 bits per heavy atom. The van der Waals surface area contributed by atoms with Gasteiger partial charge >= 0.3 is 0 Å². The van der Waals surface area contributed by atoms with Crippen molar-refractivity contribution >= 4 is 0 Å². The van der Waals surface area contributed by atoms with E-state index in [9.17, 15) is 71.5 Å². The molecular weight excluding hydrogens is 1030 g/mol. The molecule has 0 bridgehead atoms. The maximum Gasteiger partial charge on any atom is 0.187 e. The van der Waals surface area contributed by atoms with Crippen molar-refractivity contribution in [1.29, 1.82) is 0 Å². The van der Waals surface area contributed by atoms with Crippen molar-refractivity contribution in [2.45, 2.75) is 227 Å². The highest BCUT2D eigenvalue weighted by molar-refractivity contribution is 5.10. The molecule has 0 aromatic rings. The van der Waals surface area contributed by atoms with Crippen LogP contribution in [0.15, 0.2) is 0 Å². The minimum absolute atomic E-state index is 0.0339. The van der Waals surface area contributed by atoms with E-state index in [0.717, 1.165) is 42.9 Å². The van der Waals surface area contributed by atoms with E-state index >= 15 is 0 Å². The molecule has 0 amide bonds. The fourth-order valence-electron chi connectivity index (χ4n) is 15.5. The summed E-state index contributed by atoms with van der Waals surface area (Å²) in [5.41, 5.74) is -0.504. The summed E-state index contributed by atoms with van der Waals surface area (Å²) >= 11 is 0. The molecule has 30 atom stereocenters. The highest BCUT2D eigenvalue weighted by atomic mass is 16.8. The molecule has 0 aromatic carbocycles. The molecule has 4 heterocycles. The molecule has 24 nitrogen and oxygen atoms in total. The third kappa shape index (κ3) is 12.7. The van der Waals surface area contributed by atoms with Crippen molar-refractivity contribution < 1.29 is 119 Å². The van der Waals surface area contributed by atoms with E-state index in [0.29, 0.717) is 30.0 Å². The standard InChI is InChI=1S/C54H94O24/c1-25(29-10-11-30-28-9-8-26-17-27(69-5)12-14-53(26,3)31(28)13-15-54(29,30)4)7-6-16-70-22-52(2,23-71-48-44(67)40(63)46(34(20-57)75-48)77-50-42(65)38(61)36(59)32(18-55)73-50)24-72-49-45(68)41(64)47(35(21-58)76-49)78-51-43(66)39(62)37(60)33(19-56)74-51/h25-51,55-68H,6-24H2,1-5H3/t25-,26-,27-,28+,29-,30+,31+,32?,33?,34?,35?,36-,37-,38+,39+,40-,41-,42?,43?,44?,45?,46-,47-,48-,49-,50-,51+,52?,53+,54-/m1/s1. The Bertz CT molecular complexity index is 1780. The molecule has 4 saturated carbocycles. The van der Waals surface area contributed by atoms with Crippen LogP contribution in [-0.4, -0.2) is 260 Å². The van der Waals surface area contributed by atoms with Gasteiger partial charge in [-0.1, -0.05) is 27.7 Å². The summed E-state index contributed by atoms with van der Waals surface area (Å²) in [7, 11) is 1.86. The molecule has 24 heteroatoms. The Balaban J connectivity index is 0.898. The van der Waals surface area contributed by atoms with E-state index in [1.807, 2.05) is 7.11 Å². The predicted octanol–water partition coefficient (Wildman–Crippen LogP) is -2.62. The molecule has 14 N–H and O–H groups in total. The van der Waals surface area contributed by atoms with Gasteiger partial charge in [-0.3, -0.25) is 0 Å². The minimum atomic E-state index is -1.86. The van der Waals surface area contributed by atoms with Gasteiger partial charge in [-0.25, -0.2) is 0 Å². The van der Waals surface area contributed by atoms with Crippen LogP contribution in [0.4, 0.5) is 0 Å². The molecule has 4 aliphatic heterocycles. The van der Waals surface area contributed by atoms with Crippen LogP contribution in [0.3, 0.4) is 0 Å². The fraction of sp³-hybridized carbons (Fsp3) is 1.00. The van der Waals surface area contributed by atoms with E-state index in [4.69, 9.17) is 47.4 Å². The summed E-state index contributed by atoms with van der Waals surface area (Å²) < 4.78 is 58.5. The smallest absolute Gasteiger partial charge is 0.187 e. The normalized spacial score (nSPS) is 50.0. The number of aliphatic hydroxyl groups is 14. The first-order valence-electron chi connectivity index (χ1n) is 28.6. The molecule has 78 heavy (non-hydrogen) atoms. The van der Waals surface area contributed by atoms with Gasteiger partial charge in [0.2, 0.25) is 0 Å². The molecule has 0 spiro atoms. The number of aliphatic hydroxyl groups excluding tert-OH is 14. The molecular formula is C54H94O24. The van der Waals surface area contributed by atoms with Crippen molar-refractivity contribution in [3.05, 3.63) is 0 Å². The van der Waals surface area contributed by atoms with Crippen LogP contribution >= 0.6 is 0 Å². The van der Waals surface area contributed by atoms with Crippen LogP contribution in [0.5, 0.6) is 0 Å².